The van der Waals surface area contributed by atoms with E-state index < -0.39 is 11.9 Å². The lowest BCUT2D eigenvalue weighted by molar-refractivity contribution is -0.142. The van der Waals surface area contributed by atoms with E-state index in [1.54, 1.807) is 4.90 Å². The lowest BCUT2D eigenvalue weighted by Crippen LogP contribution is -2.37. The molecule has 3 unspecified atom stereocenters. The molecule has 1 N–H and O–H groups in total. The van der Waals surface area contributed by atoms with Gasteiger partial charge in [0.2, 0.25) is 0 Å². The van der Waals surface area contributed by atoms with Crippen LogP contribution < -0.4 is 0 Å². The lowest BCUT2D eigenvalue weighted by Gasteiger charge is -2.21. The number of nitrogens with zero attached hydrogens (tertiary/aromatic N) is 3. The molecule has 17 heavy (non-hydrogen) atoms. The molecule has 0 aromatic carbocycles. The molecule has 3 heterocycles. The minimum absolute atomic E-state index is 0.0794. The zero-order valence-electron chi connectivity index (χ0n) is 8.94. The summed E-state index contributed by atoms with van der Waals surface area (Å²) in [6.45, 7) is 0. The summed E-state index contributed by atoms with van der Waals surface area (Å²) < 4.78 is 3.67. The molecule has 90 valence electrons. The first kappa shape index (κ1) is 10.6. The molecule has 3 atom stereocenters. The maximum atomic E-state index is 12.2. The first-order valence-electron chi connectivity index (χ1n) is 5.51. The van der Waals surface area contributed by atoms with Crippen molar-refractivity contribution in [2.45, 2.75) is 31.3 Å². The average Bonchev–Trinajstić information content (AvgIpc) is 3.03. The smallest absolute Gasteiger partial charge is 0.308 e. The van der Waals surface area contributed by atoms with Crippen molar-refractivity contribution in [1.82, 2.24) is 14.5 Å². The van der Waals surface area contributed by atoms with Crippen LogP contribution in [0.4, 0.5) is 0 Å². The Morgan fingerprint density at radius 1 is 1.47 bits per heavy atom. The van der Waals surface area contributed by atoms with Gasteiger partial charge in [-0.2, -0.15) is 0 Å². The molecule has 2 saturated heterocycles. The van der Waals surface area contributed by atoms with Gasteiger partial charge in [0.05, 0.1) is 12.1 Å². The quantitative estimate of drug-likeness (QED) is 0.835. The Morgan fingerprint density at radius 2 is 2.29 bits per heavy atom. The van der Waals surface area contributed by atoms with Gasteiger partial charge in [-0.15, -0.1) is 5.10 Å². The molecule has 1 aromatic heterocycles. The van der Waals surface area contributed by atoms with E-state index in [0.717, 1.165) is 24.4 Å². The Bertz CT molecular complexity index is 461. The van der Waals surface area contributed by atoms with Gasteiger partial charge in [0.1, 0.15) is 4.88 Å². The molecule has 0 radical (unpaired) electrons. The molecule has 3 rings (SSSR count). The van der Waals surface area contributed by atoms with Gasteiger partial charge in [-0.05, 0) is 30.8 Å². The Kier molecular flexibility index (Phi) is 2.36. The third kappa shape index (κ3) is 1.53. The first-order chi connectivity index (χ1) is 8.18. The molecule has 7 heteroatoms. The summed E-state index contributed by atoms with van der Waals surface area (Å²) in [6.07, 6.45) is 3.73. The van der Waals surface area contributed by atoms with Gasteiger partial charge >= 0.3 is 5.97 Å². The van der Waals surface area contributed by atoms with Crippen molar-refractivity contribution in [1.29, 1.82) is 0 Å². The van der Waals surface area contributed by atoms with Crippen molar-refractivity contribution in [3.63, 3.8) is 0 Å². The second-order valence-corrected chi connectivity index (χ2v) is 5.26. The summed E-state index contributed by atoms with van der Waals surface area (Å²) in [5, 5.41) is 12.7. The van der Waals surface area contributed by atoms with E-state index in [-0.39, 0.29) is 18.0 Å². The highest BCUT2D eigenvalue weighted by Gasteiger charge is 2.51. The molecule has 2 aliphatic rings. The summed E-state index contributed by atoms with van der Waals surface area (Å²) in [5.41, 5.74) is 0. The minimum atomic E-state index is -0.794. The number of hydrogen-bond donors (Lipinski definition) is 1. The molecule has 2 aliphatic heterocycles. The van der Waals surface area contributed by atoms with Gasteiger partial charge in [-0.3, -0.25) is 9.59 Å². The van der Waals surface area contributed by atoms with E-state index in [1.165, 1.54) is 6.20 Å². The van der Waals surface area contributed by atoms with E-state index in [4.69, 9.17) is 5.11 Å². The normalized spacial score (nSPS) is 30.8. The number of aromatic nitrogens is 2. The van der Waals surface area contributed by atoms with Crippen LogP contribution in [0.2, 0.25) is 0 Å². The molecule has 2 bridgehead atoms. The summed E-state index contributed by atoms with van der Waals surface area (Å²) >= 11 is 1.06. The molecular formula is C10H11N3O3S. The third-order valence-corrected chi connectivity index (χ3v) is 4.31. The van der Waals surface area contributed by atoms with E-state index in [0.29, 0.717) is 11.3 Å². The fourth-order valence-electron chi connectivity index (χ4n) is 2.96. The molecular weight excluding hydrogens is 242 g/mol. The van der Waals surface area contributed by atoms with Crippen LogP contribution in [0.5, 0.6) is 0 Å². The summed E-state index contributed by atoms with van der Waals surface area (Å²) in [7, 11) is 0. The number of amides is 1. The number of fused-ring (bicyclic) bond motifs is 2. The number of rotatable bonds is 2. The monoisotopic (exact) mass is 253 g/mol. The van der Waals surface area contributed by atoms with Crippen LogP contribution in [0.1, 0.15) is 28.9 Å². The Hall–Kier alpha value is -1.50. The SMILES string of the molecule is O=C(O)C1CC2CCC1N2C(=O)c1cnns1. The maximum Gasteiger partial charge on any atom is 0.308 e. The molecule has 1 amide bonds. The van der Waals surface area contributed by atoms with Crippen LogP contribution in [-0.2, 0) is 4.79 Å². The predicted octanol–water partition coefficient (Wildman–Crippen LogP) is 0.616. The molecule has 2 fully saturated rings. The molecule has 1 aromatic rings. The number of carbonyl (C=O) groups excluding carboxylic acids is 1. The van der Waals surface area contributed by atoms with Crippen molar-refractivity contribution in [3.05, 3.63) is 11.1 Å². The first-order valence-corrected chi connectivity index (χ1v) is 6.28. The van der Waals surface area contributed by atoms with Gasteiger partial charge in [0.15, 0.2) is 0 Å². The Morgan fingerprint density at radius 3 is 2.88 bits per heavy atom. The van der Waals surface area contributed by atoms with E-state index in [2.05, 4.69) is 9.59 Å². The van der Waals surface area contributed by atoms with Crippen molar-refractivity contribution in [2.75, 3.05) is 0 Å². The molecule has 0 aliphatic carbocycles. The zero-order chi connectivity index (χ0) is 12.0. The van der Waals surface area contributed by atoms with Gasteiger partial charge < -0.3 is 10.0 Å². The van der Waals surface area contributed by atoms with Crippen LogP contribution in [-0.4, -0.2) is 43.6 Å². The van der Waals surface area contributed by atoms with Crippen LogP contribution in [0.25, 0.3) is 0 Å². The van der Waals surface area contributed by atoms with Gasteiger partial charge in [0, 0.05) is 12.1 Å². The Balaban J connectivity index is 1.86. The van der Waals surface area contributed by atoms with Gasteiger partial charge in [-0.25, -0.2) is 0 Å². The highest BCUT2D eigenvalue weighted by molar-refractivity contribution is 7.07. The highest BCUT2D eigenvalue weighted by Crippen LogP contribution is 2.42. The average molecular weight is 253 g/mol. The zero-order valence-corrected chi connectivity index (χ0v) is 9.76. The van der Waals surface area contributed by atoms with Crippen molar-refractivity contribution in [2.24, 2.45) is 5.92 Å². The topological polar surface area (TPSA) is 83.4 Å². The van der Waals surface area contributed by atoms with Crippen molar-refractivity contribution >= 4 is 23.4 Å². The number of hydrogen-bond acceptors (Lipinski definition) is 5. The van der Waals surface area contributed by atoms with E-state index >= 15 is 0 Å². The van der Waals surface area contributed by atoms with Crippen LogP contribution in [0.3, 0.4) is 0 Å². The van der Waals surface area contributed by atoms with Gasteiger partial charge in [0.25, 0.3) is 5.91 Å². The Labute approximate surface area is 101 Å². The third-order valence-electron chi connectivity index (χ3n) is 3.66. The summed E-state index contributed by atoms with van der Waals surface area (Å²) in [4.78, 5) is 25.5. The van der Waals surface area contributed by atoms with Crippen LogP contribution in [0, 0.1) is 5.92 Å². The standard InChI is InChI=1S/C10H11N3O3S/c14-9(8-4-11-12-17-8)13-5-1-2-7(13)6(3-5)10(15)16/h4-7H,1-3H2,(H,15,16). The van der Waals surface area contributed by atoms with Crippen molar-refractivity contribution < 1.29 is 14.7 Å². The number of carbonyl (C=O) groups is 2. The van der Waals surface area contributed by atoms with Crippen LogP contribution >= 0.6 is 11.5 Å². The molecule has 0 saturated carbocycles. The fraction of sp³-hybridized carbons (Fsp3) is 0.600. The largest absolute Gasteiger partial charge is 0.481 e. The number of aliphatic carboxylic acids is 1. The predicted molar refractivity (Wildman–Crippen MR) is 58.6 cm³/mol. The fourth-order valence-corrected chi connectivity index (χ4v) is 3.42. The second-order valence-electron chi connectivity index (χ2n) is 4.47. The molecule has 6 nitrogen and oxygen atoms in total. The van der Waals surface area contributed by atoms with Gasteiger partial charge in [-0.1, -0.05) is 4.49 Å². The summed E-state index contributed by atoms with van der Waals surface area (Å²) in [5.74, 6) is -1.31. The van der Waals surface area contributed by atoms with Crippen LogP contribution in [0.15, 0.2) is 6.20 Å². The maximum absolute atomic E-state index is 12.2. The lowest BCUT2D eigenvalue weighted by atomic mass is 9.89. The highest BCUT2D eigenvalue weighted by atomic mass is 32.1. The summed E-state index contributed by atoms with van der Waals surface area (Å²) in [6, 6.07) is -0.0669. The molecule has 0 spiro atoms. The van der Waals surface area contributed by atoms with Crippen molar-refractivity contribution in [3.8, 4) is 0 Å². The van der Waals surface area contributed by atoms with E-state index in [1.807, 2.05) is 0 Å². The van der Waals surface area contributed by atoms with E-state index in [9.17, 15) is 9.59 Å². The number of carboxylic acids is 1. The second kappa shape index (κ2) is 3.76. The minimum Gasteiger partial charge on any atom is -0.481 e. The number of carboxylic acid groups (broad SMARTS) is 1.